The topological polar surface area (TPSA) is 26.3 Å². The van der Waals surface area contributed by atoms with Crippen molar-refractivity contribution in [2.45, 2.75) is 24.2 Å². The minimum Gasteiger partial charge on any atom is -0.249 e. The van der Waals surface area contributed by atoms with Crippen LogP contribution >= 0.6 is 0 Å². The average Bonchev–Trinajstić information content (AvgIpc) is 2.34. The van der Waals surface area contributed by atoms with Crippen LogP contribution in [0, 0.1) is 6.17 Å². The highest BCUT2D eigenvalue weighted by Gasteiger charge is 2.77. The molecule has 0 saturated heterocycles. The number of hydrogen-bond acceptors (Lipinski definition) is 2. The molecule has 1 radical (unpaired) electrons. The summed E-state index contributed by atoms with van der Waals surface area (Å²) in [6.45, 7) is 0. The van der Waals surface area contributed by atoms with E-state index in [1.165, 1.54) is 0 Å². The molecule has 0 unspecified atom stereocenters. The van der Waals surface area contributed by atoms with E-state index in [1.807, 2.05) is 0 Å². The van der Waals surface area contributed by atoms with Gasteiger partial charge >= 0.3 is 30.2 Å². The van der Waals surface area contributed by atoms with Crippen LogP contribution in [0.15, 0.2) is 11.4 Å². The average molecular weight is 375 g/mol. The summed E-state index contributed by atoms with van der Waals surface area (Å²) in [5, 5.41) is 0. The maximum atomic E-state index is 12.9. The summed E-state index contributed by atoms with van der Waals surface area (Å²) in [5.41, 5.74) is -3.82. The van der Waals surface area contributed by atoms with Crippen molar-refractivity contribution in [2.75, 3.05) is 0 Å². The molecular weight excluding hydrogens is 375 g/mol. The molecule has 0 aliphatic carbocycles. The van der Waals surface area contributed by atoms with E-state index in [-0.39, 0.29) is 0 Å². The van der Waals surface area contributed by atoms with E-state index in [9.17, 15) is 62.0 Å². The van der Waals surface area contributed by atoms with Gasteiger partial charge in [-0.3, -0.25) is 0 Å². The van der Waals surface area contributed by atoms with E-state index in [2.05, 4.69) is 0 Å². The Hall–Kier alpha value is -1.70. The monoisotopic (exact) mass is 375 g/mol. The predicted octanol–water partition coefficient (Wildman–Crippen LogP) is 4.53. The van der Waals surface area contributed by atoms with Crippen LogP contribution in [0.4, 0.5) is 57.2 Å². The van der Waals surface area contributed by atoms with Gasteiger partial charge in [0.2, 0.25) is 0 Å². The number of alkyl halides is 10. The Bertz CT molecular complexity index is 485. The zero-order chi connectivity index (χ0) is 19.0. The highest BCUT2D eigenvalue weighted by molar-refractivity contribution is 5.90. The molecule has 15 heteroatoms. The number of carbonyl (C=O) groups is 1. The van der Waals surface area contributed by atoms with Crippen LogP contribution in [-0.2, 0) is 9.74 Å². The lowest BCUT2D eigenvalue weighted by Gasteiger charge is -2.29. The summed E-state index contributed by atoms with van der Waals surface area (Å²) < 4.78 is 158. The van der Waals surface area contributed by atoms with Crippen LogP contribution in [-0.4, -0.2) is 30.2 Å². The second kappa shape index (κ2) is 6.07. The van der Waals surface area contributed by atoms with Crippen molar-refractivity contribution in [3.8, 4) is 0 Å². The molecule has 23 heavy (non-hydrogen) atoms. The Balaban J connectivity index is 6.22. The summed E-state index contributed by atoms with van der Waals surface area (Å²) >= 11 is 0. The van der Waals surface area contributed by atoms with E-state index in [0.29, 0.717) is 0 Å². The lowest BCUT2D eigenvalue weighted by atomic mass is 10.0. The van der Waals surface area contributed by atoms with Crippen molar-refractivity contribution in [3.63, 3.8) is 0 Å². The van der Waals surface area contributed by atoms with Crippen LogP contribution < -0.4 is 0 Å². The molecule has 0 atom stereocenters. The summed E-state index contributed by atoms with van der Waals surface area (Å²) in [7, 11) is 0. The van der Waals surface area contributed by atoms with Gasteiger partial charge in [0.15, 0.2) is 11.4 Å². The van der Waals surface area contributed by atoms with E-state index in [4.69, 9.17) is 0 Å². The molecule has 0 aromatic heterocycles. The highest BCUT2D eigenvalue weighted by Crippen LogP contribution is 2.53. The Labute approximate surface area is 116 Å². The highest BCUT2D eigenvalue weighted by atomic mass is 19.4. The van der Waals surface area contributed by atoms with Gasteiger partial charge in [-0.05, 0) is 0 Å². The first-order chi connectivity index (χ1) is 9.92. The zero-order valence-electron chi connectivity index (χ0n) is 9.73. The molecule has 0 spiro atoms. The molecule has 0 bridgehead atoms. The predicted molar refractivity (Wildman–Crippen MR) is 41.7 cm³/mol. The van der Waals surface area contributed by atoms with Gasteiger partial charge in [-0.2, -0.15) is 43.9 Å². The van der Waals surface area contributed by atoms with E-state index >= 15 is 0 Å². The fraction of sp³-hybridized carbons (Fsp3) is 0.500. The molecule has 0 fully saturated rings. The van der Waals surface area contributed by atoms with E-state index in [1.54, 1.807) is 4.94 Å². The number of halogens is 13. The fourth-order valence-corrected chi connectivity index (χ4v) is 0.932. The summed E-state index contributed by atoms with van der Waals surface area (Å²) in [5.74, 6) is -22.2. The summed E-state index contributed by atoms with van der Waals surface area (Å²) in [4.78, 5) is 12.0. The van der Waals surface area contributed by atoms with Crippen molar-refractivity contribution in [3.05, 3.63) is 17.6 Å². The van der Waals surface area contributed by atoms with Gasteiger partial charge in [-0.25, -0.2) is 18.5 Å². The van der Waals surface area contributed by atoms with Gasteiger partial charge in [0.1, 0.15) is 0 Å². The first-order valence-electron chi connectivity index (χ1n) is 4.58. The lowest BCUT2D eigenvalue weighted by molar-refractivity contribution is -0.353. The molecule has 0 saturated carbocycles. The Kier molecular flexibility index (Phi) is 5.62. The molecule has 0 rings (SSSR count). The molecule has 135 valence electrons. The maximum absolute atomic E-state index is 12.9. The Morgan fingerprint density at radius 2 is 1.17 bits per heavy atom. The zero-order valence-corrected chi connectivity index (χ0v) is 9.73. The van der Waals surface area contributed by atoms with E-state index < -0.39 is 47.7 Å². The molecule has 2 nitrogen and oxygen atoms in total. The van der Waals surface area contributed by atoms with Crippen LogP contribution in [0.3, 0.4) is 0 Å². The molecule has 0 aliphatic rings. The SMILES string of the molecule is O=C(OF)C(=C(F)[C](F)C(F)(F)C(F)(F)C(F)(F)F)C(F)(F)F. The molecule has 0 aromatic carbocycles. The third-order valence-electron chi connectivity index (χ3n) is 2.00. The van der Waals surface area contributed by atoms with Gasteiger partial charge < -0.3 is 0 Å². The van der Waals surface area contributed by atoms with Gasteiger partial charge in [-0.1, -0.05) is 0 Å². The van der Waals surface area contributed by atoms with Crippen molar-refractivity contribution in [1.82, 2.24) is 0 Å². The first kappa shape index (κ1) is 21.3. The maximum Gasteiger partial charge on any atom is 0.460 e. The number of hydrogen-bond donors (Lipinski definition) is 0. The Morgan fingerprint density at radius 3 is 1.43 bits per heavy atom. The first-order valence-corrected chi connectivity index (χ1v) is 4.58. The normalized spacial score (nSPS) is 15.6. The fourth-order valence-electron chi connectivity index (χ4n) is 0.932. The molecule has 0 aromatic rings. The van der Waals surface area contributed by atoms with Crippen molar-refractivity contribution in [1.29, 1.82) is 0 Å². The van der Waals surface area contributed by atoms with Crippen molar-refractivity contribution in [2.24, 2.45) is 0 Å². The van der Waals surface area contributed by atoms with Crippen LogP contribution in [0.25, 0.3) is 0 Å². The molecule has 0 aliphatic heterocycles. The standard InChI is InChI=1S/C8F13O2/c9-2(1(4(22)23-21)6(13,14)15)3(10)5(11,12)7(16,17)8(18,19)20. The number of allylic oxidation sites excluding steroid dienone is 1. The third-order valence-corrected chi connectivity index (χ3v) is 2.00. The van der Waals surface area contributed by atoms with Crippen LogP contribution in [0.5, 0.6) is 0 Å². The molecule has 0 amide bonds. The van der Waals surface area contributed by atoms with Gasteiger partial charge in [0.05, 0.1) is 0 Å². The summed E-state index contributed by atoms with van der Waals surface area (Å²) in [6.07, 6.45) is -18.3. The summed E-state index contributed by atoms with van der Waals surface area (Å²) in [6, 6.07) is 0. The van der Waals surface area contributed by atoms with Gasteiger partial charge in [0.25, 0.3) is 6.17 Å². The van der Waals surface area contributed by atoms with Gasteiger partial charge in [0, 0.05) is 4.53 Å². The van der Waals surface area contributed by atoms with Crippen molar-refractivity contribution < 1.29 is 66.9 Å². The number of carbonyl (C=O) groups excluding carboxylic acids is 1. The second-order valence-electron chi connectivity index (χ2n) is 3.51. The molecule has 0 heterocycles. The van der Waals surface area contributed by atoms with Gasteiger partial charge in [-0.15, -0.1) is 0 Å². The number of rotatable bonds is 4. The minimum atomic E-state index is -7.35. The van der Waals surface area contributed by atoms with Crippen LogP contribution in [0.2, 0.25) is 0 Å². The molecule has 0 N–H and O–H groups in total. The smallest absolute Gasteiger partial charge is 0.249 e. The quantitative estimate of drug-likeness (QED) is 0.533. The molecular formula is C8F13O2. The largest absolute Gasteiger partial charge is 0.460 e. The third kappa shape index (κ3) is 3.80. The lowest BCUT2D eigenvalue weighted by Crippen LogP contribution is -2.54. The van der Waals surface area contributed by atoms with Crippen molar-refractivity contribution >= 4 is 5.97 Å². The van der Waals surface area contributed by atoms with Crippen LogP contribution in [0.1, 0.15) is 0 Å². The van der Waals surface area contributed by atoms with E-state index in [0.717, 1.165) is 0 Å². The second-order valence-corrected chi connectivity index (χ2v) is 3.51. The Morgan fingerprint density at radius 1 is 0.783 bits per heavy atom. The minimum absolute atomic E-state index is 1.78.